The van der Waals surface area contributed by atoms with Crippen LogP contribution in [-0.2, 0) is 4.74 Å². The lowest BCUT2D eigenvalue weighted by molar-refractivity contribution is -0.274. The van der Waals surface area contributed by atoms with Gasteiger partial charge in [-0.05, 0) is 56.7 Å². The molecule has 0 amide bonds. The van der Waals surface area contributed by atoms with Gasteiger partial charge in [-0.15, -0.1) is 24.5 Å². The number of alkyl halides is 3. The van der Waals surface area contributed by atoms with E-state index in [-0.39, 0.29) is 5.56 Å². The Morgan fingerprint density at radius 1 is 1.12 bits per heavy atom. The fourth-order valence-electron chi connectivity index (χ4n) is 1.96. The molecule has 0 atom stereocenters. The minimum atomic E-state index is -4.90. The van der Waals surface area contributed by atoms with Gasteiger partial charge in [0.1, 0.15) is 11.4 Å². The standard InChI is InChI=1S/C17H15F3O4S/c1-16(2,3)24-15(22)11-6-10(14-5-4-13(9-21)25-14)7-12(8-11)23-17(18,19)20/h4-9H,1-3H3. The third kappa shape index (κ3) is 5.60. The summed E-state index contributed by atoms with van der Waals surface area (Å²) >= 11 is 1.09. The predicted octanol–water partition coefficient (Wildman–Crippen LogP) is 5.08. The molecule has 0 spiro atoms. The zero-order chi connectivity index (χ0) is 18.8. The van der Waals surface area contributed by atoms with E-state index >= 15 is 0 Å². The van der Waals surface area contributed by atoms with Crippen molar-refractivity contribution in [3.63, 3.8) is 0 Å². The first kappa shape index (κ1) is 19.0. The number of aldehydes is 1. The van der Waals surface area contributed by atoms with E-state index in [1.807, 2.05) is 0 Å². The number of carbonyl (C=O) groups is 2. The first-order valence-corrected chi connectivity index (χ1v) is 7.98. The van der Waals surface area contributed by atoms with Gasteiger partial charge in [-0.1, -0.05) is 0 Å². The minimum absolute atomic E-state index is 0.0762. The largest absolute Gasteiger partial charge is 0.573 e. The van der Waals surface area contributed by atoms with Crippen LogP contribution < -0.4 is 4.74 Å². The summed E-state index contributed by atoms with van der Waals surface area (Å²) in [5, 5.41) is 0. The van der Waals surface area contributed by atoms with Crippen molar-refractivity contribution in [2.75, 3.05) is 0 Å². The molecular formula is C17H15F3O4S. The molecule has 0 N–H and O–H groups in total. The highest BCUT2D eigenvalue weighted by atomic mass is 32.1. The number of thiophene rings is 1. The van der Waals surface area contributed by atoms with Gasteiger partial charge < -0.3 is 9.47 Å². The molecule has 0 aliphatic carbocycles. The molecule has 1 aromatic carbocycles. The topological polar surface area (TPSA) is 52.6 Å². The number of esters is 1. The SMILES string of the molecule is CC(C)(C)OC(=O)c1cc(OC(F)(F)F)cc(-c2ccc(C=O)s2)c1. The van der Waals surface area contributed by atoms with Crippen molar-refractivity contribution in [1.82, 2.24) is 0 Å². The molecule has 1 aromatic heterocycles. The zero-order valence-corrected chi connectivity index (χ0v) is 14.5. The number of hydrogen-bond donors (Lipinski definition) is 0. The fourth-order valence-corrected chi connectivity index (χ4v) is 2.77. The van der Waals surface area contributed by atoms with E-state index in [0.29, 0.717) is 21.6 Å². The molecule has 8 heteroatoms. The molecule has 25 heavy (non-hydrogen) atoms. The second-order valence-electron chi connectivity index (χ2n) is 6.12. The van der Waals surface area contributed by atoms with E-state index in [1.54, 1.807) is 26.8 Å². The third-order valence-corrected chi connectivity index (χ3v) is 3.86. The Bertz CT molecular complexity index is 788. The van der Waals surface area contributed by atoms with Crippen molar-refractivity contribution in [1.29, 1.82) is 0 Å². The molecule has 0 aliphatic heterocycles. The summed E-state index contributed by atoms with van der Waals surface area (Å²) in [6.07, 6.45) is -4.26. The average Bonchev–Trinajstić information content (AvgIpc) is 2.92. The molecule has 0 saturated heterocycles. The quantitative estimate of drug-likeness (QED) is 0.555. The lowest BCUT2D eigenvalue weighted by Crippen LogP contribution is -2.24. The van der Waals surface area contributed by atoms with E-state index in [9.17, 15) is 22.8 Å². The van der Waals surface area contributed by atoms with Gasteiger partial charge in [0.2, 0.25) is 0 Å². The van der Waals surface area contributed by atoms with Crippen LogP contribution in [0.1, 0.15) is 40.8 Å². The van der Waals surface area contributed by atoms with Crippen molar-refractivity contribution in [3.8, 4) is 16.2 Å². The Kier molecular flexibility index (Phi) is 5.22. The Hall–Kier alpha value is -2.35. The second-order valence-corrected chi connectivity index (χ2v) is 7.23. The summed E-state index contributed by atoms with van der Waals surface area (Å²) in [6, 6.07) is 6.65. The normalized spacial score (nSPS) is 11.9. The van der Waals surface area contributed by atoms with Crippen molar-refractivity contribution < 1.29 is 32.2 Å². The number of rotatable bonds is 4. The van der Waals surface area contributed by atoms with Crippen molar-refractivity contribution in [2.45, 2.75) is 32.7 Å². The predicted molar refractivity (Wildman–Crippen MR) is 87.0 cm³/mol. The smallest absolute Gasteiger partial charge is 0.456 e. The summed E-state index contributed by atoms with van der Waals surface area (Å²) in [4.78, 5) is 24.0. The summed E-state index contributed by atoms with van der Waals surface area (Å²) < 4.78 is 46.8. The van der Waals surface area contributed by atoms with Crippen LogP contribution >= 0.6 is 11.3 Å². The molecule has 0 fully saturated rings. The van der Waals surface area contributed by atoms with Gasteiger partial charge in [-0.3, -0.25) is 4.79 Å². The van der Waals surface area contributed by atoms with Gasteiger partial charge in [0, 0.05) is 4.88 Å². The lowest BCUT2D eigenvalue weighted by Gasteiger charge is -2.20. The Morgan fingerprint density at radius 2 is 1.80 bits per heavy atom. The molecule has 0 bridgehead atoms. The van der Waals surface area contributed by atoms with Crippen molar-refractivity contribution in [2.24, 2.45) is 0 Å². The Labute approximate surface area is 146 Å². The number of benzene rings is 1. The van der Waals surface area contributed by atoms with Crippen LogP contribution in [0.3, 0.4) is 0 Å². The number of carbonyl (C=O) groups excluding carboxylic acids is 2. The number of halogens is 3. The lowest BCUT2D eigenvalue weighted by atomic mass is 10.1. The van der Waals surface area contributed by atoms with Crippen molar-refractivity contribution in [3.05, 3.63) is 40.8 Å². The fraction of sp³-hybridized carbons (Fsp3) is 0.294. The monoisotopic (exact) mass is 372 g/mol. The van der Waals surface area contributed by atoms with E-state index in [2.05, 4.69) is 4.74 Å². The maximum Gasteiger partial charge on any atom is 0.573 e. The molecular weight excluding hydrogens is 357 g/mol. The molecule has 0 aliphatic rings. The highest BCUT2D eigenvalue weighted by Crippen LogP contribution is 2.33. The Morgan fingerprint density at radius 3 is 2.32 bits per heavy atom. The van der Waals surface area contributed by atoms with Gasteiger partial charge >= 0.3 is 12.3 Å². The molecule has 0 unspecified atom stereocenters. The first-order chi connectivity index (χ1) is 11.5. The van der Waals surface area contributed by atoms with Crippen LogP contribution in [-0.4, -0.2) is 24.2 Å². The summed E-state index contributed by atoms with van der Waals surface area (Å²) in [7, 11) is 0. The van der Waals surface area contributed by atoms with Crippen LogP contribution in [0.2, 0.25) is 0 Å². The van der Waals surface area contributed by atoms with Crippen LogP contribution in [0, 0.1) is 0 Å². The summed E-state index contributed by atoms with van der Waals surface area (Å²) in [5.74, 6) is -1.31. The maximum atomic E-state index is 12.6. The molecule has 2 rings (SSSR count). The molecule has 1 heterocycles. The van der Waals surface area contributed by atoms with Gasteiger partial charge in [0.05, 0.1) is 10.4 Å². The van der Waals surface area contributed by atoms with E-state index in [1.165, 1.54) is 12.1 Å². The van der Waals surface area contributed by atoms with Gasteiger partial charge in [0.15, 0.2) is 6.29 Å². The molecule has 0 radical (unpaired) electrons. The molecule has 4 nitrogen and oxygen atoms in total. The minimum Gasteiger partial charge on any atom is -0.456 e. The highest BCUT2D eigenvalue weighted by molar-refractivity contribution is 7.17. The summed E-state index contributed by atoms with van der Waals surface area (Å²) in [6.45, 7) is 4.95. The van der Waals surface area contributed by atoms with Crippen molar-refractivity contribution >= 4 is 23.6 Å². The van der Waals surface area contributed by atoms with Crippen LogP contribution in [0.5, 0.6) is 5.75 Å². The number of ether oxygens (including phenoxy) is 2. The second kappa shape index (κ2) is 6.87. The first-order valence-electron chi connectivity index (χ1n) is 7.16. The van der Waals surface area contributed by atoms with Crippen LogP contribution in [0.4, 0.5) is 13.2 Å². The highest BCUT2D eigenvalue weighted by Gasteiger charge is 2.32. The average molecular weight is 372 g/mol. The zero-order valence-electron chi connectivity index (χ0n) is 13.6. The molecule has 134 valence electrons. The Balaban J connectivity index is 2.47. The summed E-state index contributed by atoms with van der Waals surface area (Å²) in [5.41, 5.74) is -0.556. The molecule has 0 saturated carbocycles. The van der Waals surface area contributed by atoms with Crippen LogP contribution in [0.15, 0.2) is 30.3 Å². The van der Waals surface area contributed by atoms with E-state index < -0.39 is 23.7 Å². The molecule has 2 aromatic rings. The van der Waals surface area contributed by atoms with Gasteiger partial charge in [-0.25, -0.2) is 4.79 Å². The van der Waals surface area contributed by atoms with Gasteiger partial charge in [0.25, 0.3) is 0 Å². The third-order valence-electron chi connectivity index (χ3n) is 2.80. The number of hydrogen-bond acceptors (Lipinski definition) is 5. The van der Waals surface area contributed by atoms with Gasteiger partial charge in [-0.2, -0.15) is 0 Å². The van der Waals surface area contributed by atoms with E-state index in [4.69, 9.17) is 4.74 Å². The van der Waals surface area contributed by atoms with E-state index in [0.717, 1.165) is 23.5 Å². The van der Waals surface area contributed by atoms with Crippen LogP contribution in [0.25, 0.3) is 10.4 Å². The maximum absolute atomic E-state index is 12.6.